The van der Waals surface area contributed by atoms with Crippen LogP contribution in [0.4, 0.5) is 13.2 Å². The second-order valence-electron chi connectivity index (χ2n) is 3.56. The van der Waals surface area contributed by atoms with E-state index in [9.17, 15) is 13.2 Å². The average Bonchev–Trinajstić information content (AvgIpc) is 1.99. The van der Waals surface area contributed by atoms with Gasteiger partial charge >= 0.3 is 6.36 Å². The molecular formula is C11H12F3O. The maximum atomic E-state index is 11.9. The van der Waals surface area contributed by atoms with Gasteiger partial charge in [0.2, 0.25) is 0 Å². The molecule has 15 heavy (non-hydrogen) atoms. The summed E-state index contributed by atoms with van der Waals surface area (Å²) in [6.45, 7) is 7.59. The normalized spacial score (nSPS) is 11.9. The minimum atomic E-state index is -4.65. The van der Waals surface area contributed by atoms with E-state index in [2.05, 4.69) is 11.7 Å². The number of ether oxygens (including phenoxy) is 1. The predicted octanol–water partition coefficient (Wildman–Crippen LogP) is 3.89. The Labute approximate surface area is 86.9 Å². The molecule has 0 atom stereocenters. The third-order valence-corrected chi connectivity index (χ3v) is 1.97. The van der Waals surface area contributed by atoms with Crippen molar-refractivity contribution in [3.63, 3.8) is 0 Å². The molecule has 1 nitrogen and oxygen atoms in total. The lowest BCUT2D eigenvalue weighted by Crippen LogP contribution is -2.17. The largest absolute Gasteiger partial charge is 0.573 e. The Morgan fingerprint density at radius 3 is 2.27 bits per heavy atom. The van der Waals surface area contributed by atoms with Crippen molar-refractivity contribution >= 4 is 0 Å². The van der Waals surface area contributed by atoms with Crippen molar-refractivity contribution < 1.29 is 17.9 Å². The average molecular weight is 217 g/mol. The van der Waals surface area contributed by atoms with Gasteiger partial charge in [-0.3, -0.25) is 0 Å². The Balaban J connectivity index is 2.92. The highest BCUT2D eigenvalue weighted by Crippen LogP contribution is 2.27. The van der Waals surface area contributed by atoms with Crippen molar-refractivity contribution in [1.29, 1.82) is 0 Å². The van der Waals surface area contributed by atoms with Crippen molar-refractivity contribution in [3.8, 4) is 5.75 Å². The van der Waals surface area contributed by atoms with E-state index in [-0.39, 0.29) is 11.7 Å². The smallest absolute Gasteiger partial charge is 0.406 e. The minimum absolute atomic E-state index is 0.225. The first-order valence-electron chi connectivity index (χ1n) is 4.51. The van der Waals surface area contributed by atoms with E-state index in [1.54, 1.807) is 6.07 Å². The summed E-state index contributed by atoms with van der Waals surface area (Å²) in [4.78, 5) is 0. The van der Waals surface area contributed by atoms with Crippen LogP contribution in [-0.4, -0.2) is 6.36 Å². The first-order valence-corrected chi connectivity index (χ1v) is 4.51. The zero-order valence-corrected chi connectivity index (χ0v) is 8.56. The Bertz CT molecular complexity index is 342. The molecular weight excluding hydrogens is 205 g/mol. The highest BCUT2D eigenvalue weighted by atomic mass is 19.4. The number of hydrogen-bond acceptors (Lipinski definition) is 1. The van der Waals surface area contributed by atoms with Gasteiger partial charge in [0, 0.05) is 0 Å². The lowest BCUT2D eigenvalue weighted by molar-refractivity contribution is -0.274. The van der Waals surface area contributed by atoms with Gasteiger partial charge in [0.05, 0.1) is 0 Å². The van der Waals surface area contributed by atoms with Crippen LogP contribution in [-0.2, 0) is 0 Å². The topological polar surface area (TPSA) is 9.23 Å². The van der Waals surface area contributed by atoms with Crippen molar-refractivity contribution in [2.75, 3.05) is 0 Å². The molecule has 0 saturated carbocycles. The van der Waals surface area contributed by atoms with Crippen molar-refractivity contribution in [3.05, 3.63) is 36.2 Å². The van der Waals surface area contributed by atoms with Gasteiger partial charge in [-0.25, -0.2) is 0 Å². The highest BCUT2D eigenvalue weighted by Gasteiger charge is 2.31. The summed E-state index contributed by atoms with van der Waals surface area (Å²) in [5, 5.41) is 0. The number of hydrogen-bond donors (Lipinski definition) is 0. The van der Waals surface area contributed by atoms with E-state index in [0.29, 0.717) is 5.56 Å². The maximum Gasteiger partial charge on any atom is 0.573 e. The van der Waals surface area contributed by atoms with E-state index in [0.717, 1.165) is 5.56 Å². The number of alkyl halides is 3. The van der Waals surface area contributed by atoms with Crippen LogP contribution in [0.3, 0.4) is 0 Å². The maximum absolute atomic E-state index is 11.9. The Hall–Kier alpha value is -1.19. The van der Waals surface area contributed by atoms with E-state index >= 15 is 0 Å². The van der Waals surface area contributed by atoms with Crippen LogP contribution in [0.25, 0.3) is 0 Å². The molecule has 0 bridgehead atoms. The van der Waals surface area contributed by atoms with Crippen LogP contribution in [0.1, 0.15) is 30.9 Å². The van der Waals surface area contributed by atoms with Crippen LogP contribution in [0.2, 0.25) is 0 Å². The highest BCUT2D eigenvalue weighted by molar-refractivity contribution is 5.39. The lowest BCUT2D eigenvalue weighted by atomic mass is 9.98. The number of halogens is 3. The standard InChI is InChI=1S/C11H12F3O/c1-7(2)10-5-4-9(6-8(10)3)15-11(12,13)14/h4-7H,3H2,1-2H3. The number of benzene rings is 1. The van der Waals surface area contributed by atoms with Gasteiger partial charge in [0.1, 0.15) is 5.75 Å². The summed E-state index contributed by atoms with van der Waals surface area (Å²) in [5.74, 6) is 0.00865. The second-order valence-corrected chi connectivity index (χ2v) is 3.56. The van der Waals surface area contributed by atoms with Crippen molar-refractivity contribution in [2.24, 2.45) is 0 Å². The van der Waals surface area contributed by atoms with Gasteiger partial charge in [-0.1, -0.05) is 19.9 Å². The zero-order chi connectivity index (χ0) is 11.6. The summed E-state index contributed by atoms with van der Waals surface area (Å²) in [5.41, 5.74) is 1.48. The molecule has 1 aromatic rings. The van der Waals surface area contributed by atoms with Crippen molar-refractivity contribution in [1.82, 2.24) is 0 Å². The fourth-order valence-corrected chi connectivity index (χ4v) is 1.34. The summed E-state index contributed by atoms with van der Waals surface area (Å²) < 4.78 is 39.4. The van der Waals surface area contributed by atoms with Crippen LogP contribution >= 0.6 is 0 Å². The summed E-state index contributed by atoms with van der Waals surface area (Å²) in [7, 11) is 0. The number of rotatable bonds is 2. The molecule has 0 unspecified atom stereocenters. The SMILES string of the molecule is [CH2]c1cc(OC(F)(F)F)ccc1C(C)C. The quantitative estimate of drug-likeness (QED) is 0.730. The third-order valence-electron chi connectivity index (χ3n) is 1.97. The fourth-order valence-electron chi connectivity index (χ4n) is 1.34. The van der Waals surface area contributed by atoms with Gasteiger partial charge in [0.25, 0.3) is 0 Å². The lowest BCUT2D eigenvalue weighted by Gasteiger charge is -2.13. The van der Waals surface area contributed by atoms with Gasteiger partial charge in [-0.15, -0.1) is 13.2 Å². The molecule has 83 valence electrons. The Morgan fingerprint density at radius 2 is 1.87 bits per heavy atom. The molecule has 0 aliphatic carbocycles. The van der Waals surface area contributed by atoms with Gasteiger partial charge in [-0.05, 0) is 36.1 Å². The van der Waals surface area contributed by atoms with E-state index in [1.165, 1.54) is 12.1 Å². The minimum Gasteiger partial charge on any atom is -0.406 e. The molecule has 0 amide bonds. The molecule has 0 aliphatic heterocycles. The molecule has 0 spiro atoms. The molecule has 1 aromatic carbocycles. The molecule has 0 N–H and O–H groups in total. The zero-order valence-electron chi connectivity index (χ0n) is 8.56. The molecule has 0 aliphatic rings. The Morgan fingerprint density at radius 1 is 1.27 bits per heavy atom. The van der Waals surface area contributed by atoms with Gasteiger partial charge in [0.15, 0.2) is 0 Å². The van der Waals surface area contributed by atoms with Crippen LogP contribution < -0.4 is 4.74 Å². The van der Waals surface area contributed by atoms with E-state index in [4.69, 9.17) is 0 Å². The Kier molecular flexibility index (Phi) is 3.27. The summed E-state index contributed by atoms with van der Waals surface area (Å²) in [6.07, 6.45) is -4.65. The molecule has 1 radical (unpaired) electrons. The van der Waals surface area contributed by atoms with Gasteiger partial charge < -0.3 is 4.74 Å². The van der Waals surface area contributed by atoms with Crippen LogP contribution in [0.5, 0.6) is 5.75 Å². The van der Waals surface area contributed by atoms with Gasteiger partial charge in [-0.2, -0.15) is 0 Å². The first kappa shape index (κ1) is 11.9. The third kappa shape index (κ3) is 3.46. The molecule has 0 saturated heterocycles. The molecule has 0 heterocycles. The first-order chi connectivity index (χ1) is 6.79. The molecule has 0 aromatic heterocycles. The monoisotopic (exact) mass is 217 g/mol. The molecule has 0 fully saturated rings. The van der Waals surface area contributed by atoms with Crippen LogP contribution in [0.15, 0.2) is 18.2 Å². The predicted molar refractivity (Wildman–Crippen MR) is 51.7 cm³/mol. The summed E-state index contributed by atoms with van der Waals surface area (Å²) >= 11 is 0. The molecule has 1 rings (SSSR count). The van der Waals surface area contributed by atoms with E-state index < -0.39 is 6.36 Å². The van der Waals surface area contributed by atoms with Crippen molar-refractivity contribution in [2.45, 2.75) is 26.1 Å². The van der Waals surface area contributed by atoms with E-state index in [1.807, 2.05) is 13.8 Å². The van der Waals surface area contributed by atoms with Crippen LogP contribution in [0, 0.1) is 6.92 Å². The molecule has 4 heteroatoms. The fraction of sp³-hybridized carbons (Fsp3) is 0.364. The second kappa shape index (κ2) is 4.13. The summed E-state index contributed by atoms with van der Waals surface area (Å²) in [6, 6.07) is 4.20.